The maximum Gasteiger partial charge on any atom is 0.176 e. The Kier molecular flexibility index (Phi) is 5.27. The summed E-state index contributed by atoms with van der Waals surface area (Å²) in [4.78, 5) is 18.4. The number of carbonyl (C=O) groups is 1. The van der Waals surface area contributed by atoms with Gasteiger partial charge in [0.15, 0.2) is 5.78 Å². The first kappa shape index (κ1) is 14.7. The summed E-state index contributed by atoms with van der Waals surface area (Å²) in [7, 11) is 1.94. The molecule has 0 aliphatic heterocycles. The van der Waals surface area contributed by atoms with Crippen LogP contribution in [0.2, 0.25) is 5.02 Å². The van der Waals surface area contributed by atoms with Gasteiger partial charge < -0.3 is 0 Å². The number of ketones is 1. The zero-order valence-electron chi connectivity index (χ0n) is 11.4. The smallest absolute Gasteiger partial charge is 0.176 e. The van der Waals surface area contributed by atoms with Gasteiger partial charge in [0.2, 0.25) is 0 Å². The summed E-state index contributed by atoms with van der Waals surface area (Å²) in [5, 5.41) is 0.590. The summed E-state index contributed by atoms with van der Waals surface area (Å²) < 4.78 is 0. The van der Waals surface area contributed by atoms with Crippen molar-refractivity contribution in [2.45, 2.75) is 6.42 Å². The Morgan fingerprint density at radius 3 is 2.80 bits per heavy atom. The van der Waals surface area contributed by atoms with Gasteiger partial charge in [-0.3, -0.25) is 14.7 Å². The first-order valence-electron chi connectivity index (χ1n) is 6.52. The van der Waals surface area contributed by atoms with E-state index in [1.165, 1.54) is 0 Å². The van der Waals surface area contributed by atoms with Crippen LogP contribution in [-0.4, -0.2) is 35.8 Å². The van der Waals surface area contributed by atoms with E-state index >= 15 is 0 Å². The van der Waals surface area contributed by atoms with Crippen LogP contribution in [0.3, 0.4) is 0 Å². The summed E-state index contributed by atoms with van der Waals surface area (Å²) >= 11 is 5.89. The Balaban J connectivity index is 1.85. The fourth-order valence-corrected chi connectivity index (χ4v) is 2.12. The molecule has 20 heavy (non-hydrogen) atoms. The number of halogens is 1. The molecule has 0 spiro atoms. The third-order valence-corrected chi connectivity index (χ3v) is 3.27. The minimum absolute atomic E-state index is 0.0796. The Morgan fingerprint density at radius 2 is 2.10 bits per heavy atom. The third kappa shape index (κ3) is 4.44. The van der Waals surface area contributed by atoms with Gasteiger partial charge in [-0.1, -0.05) is 29.8 Å². The molecule has 0 saturated carbocycles. The molecule has 104 valence electrons. The fourth-order valence-electron chi connectivity index (χ4n) is 1.93. The molecule has 0 unspecified atom stereocenters. The van der Waals surface area contributed by atoms with Crippen LogP contribution in [0.4, 0.5) is 0 Å². The van der Waals surface area contributed by atoms with Gasteiger partial charge in [0.1, 0.15) is 0 Å². The number of nitrogens with zero attached hydrogens (tertiary/aromatic N) is 2. The number of rotatable bonds is 6. The predicted molar refractivity (Wildman–Crippen MR) is 81.2 cm³/mol. The van der Waals surface area contributed by atoms with E-state index < -0.39 is 0 Å². The van der Waals surface area contributed by atoms with Crippen LogP contribution in [0, 0.1) is 0 Å². The van der Waals surface area contributed by atoms with Crippen molar-refractivity contribution in [3.05, 3.63) is 64.9 Å². The molecule has 0 aliphatic rings. The number of hydrogen-bond donors (Lipinski definition) is 0. The number of Topliss-reactive ketones (excluding diaryl/α,β-unsaturated/α-hetero) is 1. The maximum absolute atomic E-state index is 12.1. The molecule has 0 fully saturated rings. The number of carbonyl (C=O) groups excluding carboxylic acids is 1. The zero-order chi connectivity index (χ0) is 14.4. The van der Waals surface area contributed by atoms with Gasteiger partial charge in [0.25, 0.3) is 0 Å². The number of aromatic nitrogens is 1. The molecule has 4 heteroatoms. The van der Waals surface area contributed by atoms with E-state index in [-0.39, 0.29) is 5.78 Å². The van der Waals surface area contributed by atoms with Crippen LogP contribution in [0.15, 0.2) is 48.7 Å². The van der Waals surface area contributed by atoms with Gasteiger partial charge in [0, 0.05) is 35.4 Å². The molecule has 0 radical (unpaired) electrons. The summed E-state index contributed by atoms with van der Waals surface area (Å²) in [6.45, 7) is 1.18. The Labute approximate surface area is 124 Å². The zero-order valence-corrected chi connectivity index (χ0v) is 12.2. The first-order valence-corrected chi connectivity index (χ1v) is 6.90. The van der Waals surface area contributed by atoms with E-state index in [9.17, 15) is 4.79 Å². The van der Waals surface area contributed by atoms with E-state index in [4.69, 9.17) is 11.6 Å². The first-order chi connectivity index (χ1) is 9.65. The molecule has 0 atom stereocenters. The van der Waals surface area contributed by atoms with Gasteiger partial charge in [-0.2, -0.15) is 0 Å². The topological polar surface area (TPSA) is 33.2 Å². The minimum Gasteiger partial charge on any atom is -0.299 e. The van der Waals surface area contributed by atoms with Crippen LogP contribution in [0.1, 0.15) is 16.1 Å². The fraction of sp³-hybridized carbons (Fsp3) is 0.250. The maximum atomic E-state index is 12.1. The summed E-state index contributed by atoms with van der Waals surface area (Å²) in [5.41, 5.74) is 1.69. The molecular weight excluding hydrogens is 272 g/mol. The molecule has 2 rings (SSSR count). The van der Waals surface area contributed by atoms with Crippen molar-refractivity contribution in [1.82, 2.24) is 9.88 Å². The standard InChI is InChI=1S/C16H17ClN2O/c1-19(10-8-15-7-2-3-9-18-15)12-16(20)13-5-4-6-14(17)11-13/h2-7,9,11H,8,10,12H2,1H3. The predicted octanol–water partition coefficient (Wildman–Crippen LogP) is 3.09. The second-order valence-corrected chi connectivity index (χ2v) is 5.18. The van der Waals surface area contributed by atoms with Crippen LogP contribution in [0.25, 0.3) is 0 Å². The second-order valence-electron chi connectivity index (χ2n) is 4.74. The Hall–Kier alpha value is -1.71. The van der Waals surface area contributed by atoms with Crippen molar-refractivity contribution in [2.24, 2.45) is 0 Å². The SMILES string of the molecule is CN(CCc1ccccn1)CC(=O)c1cccc(Cl)c1. The summed E-state index contributed by atoms with van der Waals surface area (Å²) in [6.07, 6.45) is 2.62. The largest absolute Gasteiger partial charge is 0.299 e. The van der Waals surface area contributed by atoms with Crippen molar-refractivity contribution in [3.63, 3.8) is 0 Å². The lowest BCUT2D eigenvalue weighted by atomic mass is 10.1. The lowest BCUT2D eigenvalue weighted by Gasteiger charge is -2.15. The molecule has 3 nitrogen and oxygen atoms in total. The van der Waals surface area contributed by atoms with Gasteiger partial charge in [-0.15, -0.1) is 0 Å². The molecular formula is C16H17ClN2O. The summed E-state index contributed by atoms with van der Waals surface area (Å²) in [6, 6.07) is 12.9. The Morgan fingerprint density at radius 1 is 1.25 bits per heavy atom. The molecule has 0 aliphatic carbocycles. The van der Waals surface area contributed by atoms with Crippen molar-refractivity contribution >= 4 is 17.4 Å². The number of likely N-dealkylation sites (N-methyl/N-ethyl adjacent to an activating group) is 1. The van der Waals surface area contributed by atoms with E-state index in [2.05, 4.69) is 4.98 Å². The highest BCUT2D eigenvalue weighted by atomic mass is 35.5. The van der Waals surface area contributed by atoms with Gasteiger partial charge in [-0.25, -0.2) is 0 Å². The minimum atomic E-state index is 0.0796. The van der Waals surface area contributed by atoms with Gasteiger partial charge >= 0.3 is 0 Å². The van der Waals surface area contributed by atoms with Crippen LogP contribution in [-0.2, 0) is 6.42 Å². The quantitative estimate of drug-likeness (QED) is 0.766. The summed E-state index contributed by atoms with van der Waals surface area (Å²) in [5.74, 6) is 0.0796. The van der Waals surface area contributed by atoms with Gasteiger partial charge in [-0.05, 0) is 31.3 Å². The molecule has 2 aromatic rings. The molecule has 0 saturated heterocycles. The molecule has 1 aromatic carbocycles. The lowest BCUT2D eigenvalue weighted by molar-refractivity contribution is 0.0946. The highest BCUT2D eigenvalue weighted by Gasteiger charge is 2.09. The third-order valence-electron chi connectivity index (χ3n) is 3.04. The average molecular weight is 289 g/mol. The monoisotopic (exact) mass is 288 g/mol. The normalized spacial score (nSPS) is 10.8. The molecule has 0 amide bonds. The van der Waals surface area contributed by atoms with Gasteiger partial charge in [0.05, 0.1) is 6.54 Å². The van der Waals surface area contributed by atoms with Crippen molar-refractivity contribution in [1.29, 1.82) is 0 Å². The molecule has 1 heterocycles. The lowest BCUT2D eigenvalue weighted by Crippen LogP contribution is -2.28. The van der Waals surface area contributed by atoms with Crippen molar-refractivity contribution in [2.75, 3.05) is 20.1 Å². The van der Waals surface area contributed by atoms with Crippen LogP contribution >= 0.6 is 11.6 Å². The van der Waals surface area contributed by atoms with Crippen molar-refractivity contribution in [3.8, 4) is 0 Å². The highest BCUT2D eigenvalue weighted by molar-refractivity contribution is 6.31. The number of pyridine rings is 1. The second kappa shape index (κ2) is 7.17. The molecule has 0 N–H and O–H groups in total. The van der Waals surface area contributed by atoms with E-state index in [1.807, 2.05) is 30.1 Å². The Bertz CT molecular complexity index is 572. The van der Waals surface area contributed by atoms with Crippen molar-refractivity contribution < 1.29 is 4.79 Å². The molecule has 1 aromatic heterocycles. The van der Waals surface area contributed by atoms with E-state index in [1.54, 1.807) is 30.5 Å². The number of benzene rings is 1. The number of hydrogen-bond acceptors (Lipinski definition) is 3. The van der Waals surface area contributed by atoms with Crippen LogP contribution < -0.4 is 0 Å². The average Bonchev–Trinajstić information content (AvgIpc) is 2.46. The highest BCUT2D eigenvalue weighted by Crippen LogP contribution is 2.11. The van der Waals surface area contributed by atoms with Crippen LogP contribution in [0.5, 0.6) is 0 Å². The molecule has 0 bridgehead atoms. The van der Waals surface area contributed by atoms with E-state index in [0.29, 0.717) is 17.1 Å². The van der Waals surface area contributed by atoms with E-state index in [0.717, 1.165) is 18.7 Å².